The van der Waals surface area contributed by atoms with Gasteiger partial charge in [0.15, 0.2) is 0 Å². The Hall–Kier alpha value is 0.250. The van der Waals surface area contributed by atoms with Crippen LogP contribution < -0.4 is 5.32 Å². The van der Waals surface area contributed by atoms with Crippen molar-refractivity contribution in [3.05, 3.63) is 0 Å². The van der Waals surface area contributed by atoms with Crippen LogP contribution in [0.3, 0.4) is 0 Å². The van der Waals surface area contributed by atoms with Crippen molar-refractivity contribution in [3.63, 3.8) is 0 Å². The fraction of sp³-hybridized carbons (Fsp3) is 1.00. The van der Waals surface area contributed by atoms with Crippen LogP contribution in [0.5, 0.6) is 0 Å². The van der Waals surface area contributed by atoms with E-state index >= 15 is 0 Å². The zero-order valence-electron chi connectivity index (χ0n) is 7.86. The number of rotatable bonds is 6. The van der Waals surface area contributed by atoms with Crippen molar-refractivity contribution in [1.82, 2.24) is 5.32 Å². The molecule has 2 heteroatoms. The predicted molar refractivity (Wildman–Crippen MR) is 52.3 cm³/mol. The first-order valence-electron chi connectivity index (χ1n) is 4.53. The van der Waals surface area contributed by atoms with Crippen LogP contribution in [0.2, 0.25) is 0 Å². The lowest BCUT2D eigenvalue weighted by atomic mass is 9.97. The van der Waals surface area contributed by atoms with E-state index in [0.717, 1.165) is 18.9 Å². The molecule has 0 aromatic heterocycles. The second kappa shape index (κ2) is 6.93. The van der Waals surface area contributed by atoms with Gasteiger partial charge in [-0.1, -0.05) is 26.7 Å². The first-order chi connectivity index (χ1) is 5.24. The average Bonchev–Trinajstić information content (AvgIpc) is 2.01. The lowest BCUT2D eigenvalue weighted by molar-refractivity contribution is 0.441. The molecule has 0 heterocycles. The predicted octanol–water partition coefficient (Wildman–Crippen LogP) is 2.64. The highest BCUT2D eigenvalue weighted by atomic mass is 35.5. The van der Waals surface area contributed by atoms with E-state index in [1.807, 2.05) is 7.05 Å². The molecule has 0 aliphatic rings. The Kier molecular flexibility index (Phi) is 7.09. The molecule has 0 unspecified atom stereocenters. The third kappa shape index (κ3) is 5.51. The van der Waals surface area contributed by atoms with E-state index in [1.165, 1.54) is 12.8 Å². The van der Waals surface area contributed by atoms with Crippen LogP contribution in [0, 0.1) is 5.92 Å². The highest BCUT2D eigenvalue weighted by molar-refractivity contribution is 6.20. The number of nitrogens with one attached hydrogen (secondary N) is 1. The molecule has 0 aliphatic heterocycles. The summed E-state index contributed by atoms with van der Waals surface area (Å²) in [5.41, 5.74) is 0. The van der Waals surface area contributed by atoms with Crippen LogP contribution in [0.15, 0.2) is 0 Å². The molecule has 11 heavy (non-hydrogen) atoms. The third-order valence-electron chi connectivity index (χ3n) is 2.17. The Bertz CT molecular complexity index is 81.6. The molecule has 68 valence electrons. The third-order valence-corrected chi connectivity index (χ3v) is 2.50. The Morgan fingerprint density at radius 2 is 1.82 bits per heavy atom. The first kappa shape index (κ1) is 11.2. The SMILES string of the molecule is CCC(CC)C[C@@H](Cl)CNC. The van der Waals surface area contributed by atoms with Crippen LogP contribution in [0.4, 0.5) is 0 Å². The lowest BCUT2D eigenvalue weighted by Gasteiger charge is -2.15. The van der Waals surface area contributed by atoms with E-state index in [4.69, 9.17) is 11.6 Å². The lowest BCUT2D eigenvalue weighted by Crippen LogP contribution is -2.21. The Labute approximate surface area is 75.5 Å². The van der Waals surface area contributed by atoms with Crippen molar-refractivity contribution in [2.24, 2.45) is 5.92 Å². The van der Waals surface area contributed by atoms with E-state index in [2.05, 4.69) is 19.2 Å². The van der Waals surface area contributed by atoms with Gasteiger partial charge >= 0.3 is 0 Å². The maximum Gasteiger partial charge on any atom is 0.0463 e. The van der Waals surface area contributed by atoms with Gasteiger partial charge in [-0.25, -0.2) is 0 Å². The number of halogens is 1. The molecule has 0 fully saturated rings. The summed E-state index contributed by atoms with van der Waals surface area (Å²) >= 11 is 6.07. The molecule has 0 amide bonds. The van der Waals surface area contributed by atoms with Gasteiger partial charge in [0.25, 0.3) is 0 Å². The standard InChI is InChI=1S/C9H20ClN/c1-4-8(5-2)6-9(10)7-11-3/h8-9,11H,4-7H2,1-3H3/t9-/m1/s1. The van der Waals surface area contributed by atoms with Crippen LogP contribution >= 0.6 is 11.6 Å². The van der Waals surface area contributed by atoms with Crippen LogP contribution in [-0.4, -0.2) is 19.0 Å². The molecule has 1 nitrogen and oxygen atoms in total. The minimum Gasteiger partial charge on any atom is -0.318 e. The second-order valence-electron chi connectivity index (χ2n) is 3.07. The van der Waals surface area contributed by atoms with Gasteiger partial charge in [0.1, 0.15) is 0 Å². The van der Waals surface area contributed by atoms with E-state index in [0.29, 0.717) is 5.38 Å². The summed E-state index contributed by atoms with van der Waals surface area (Å²) in [4.78, 5) is 0. The Balaban J connectivity index is 3.44. The summed E-state index contributed by atoms with van der Waals surface area (Å²) in [6.45, 7) is 5.40. The van der Waals surface area contributed by atoms with Gasteiger partial charge in [-0.2, -0.15) is 0 Å². The zero-order valence-corrected chi connectivity index (χ0v) is 8.62. The van der Waals surface area contributed by atoms with Gasteiger partial charge in [0.2, 0.25) is 0 Å². The molecule has 0 bridgehead atoms. The number of hydrogen-bond acceptors (Lipinski definition) is 1. The Morgan fingerprint density at radius 3 is 2.18 bits per heavy atom. The minimum atomic E-state index is 0.310. The van der Waals surface area contributed by atoms with Crippen LogP contribution in [0.1, 0.15) is 33.1 Å². The van der Waals surface area contributed by atoms with E-state index < -0.39 is 0 Å². The van der Waals surface area contributed by atoms with Gasteiger partial charge in [-0.05, 0) is 19.4 Å². The summed E-state index contributed by atoms with van der Waals surface area (Å²) in [6.07, 6.45) is 3.66. The fourth-order valence-electron chi connectivity index (χ4n) is 1.29. The monoisotopic (exact) mass is 177 g/mol. The molecular formula is C9H20ClN. The Morgan fingerprint density at radius 1 is 1.27 bits per heavy atom. The first-order valence-corrected chi connectivity index (χ1v) is 4.96. The topological polar surface area (TPSA) is 12.0 Å². The summed E-state index contributed by atoms with van der Waals surface area (Å²) in [6, 6.07) is 0. The second-order valence-corrected chi connectivity index (χ2v) is 3.69. The highest BCUT2D eigenvalue weighted by Crippen LogP contribution is 2.17. The molecule has 0 rings (SSSR count). The van der Waals surface area contributed by atoms with Gasteiger partial charge < -0.3 is 5.32 Å². The molecule has 0 aromatic carbocycles. The quantitative estimate of drug-likeness (QED) is 0.616. The molecular weight excluding hydrogens is 158 g/mol. The largest absolute Gasteiger partial charge is 0.318 e. The van der Waals surface area contributed by atoms with Gasteiger partial charge in [-0.3, -0.25) is 0 Å². The normalized spacial score (nSPS) is 13.9. The zero-order chi connectivity index (χ0) is 8.69. The maximum atomic E-state index is 6.07. The molecule has 0 aliphatic carbocycles. The fourth-order valence-corrected chi connectivity index (χ4v) is 1.69. The maximum absolute atomic E-state index is 6.07. The minimum absolute atomic E-state index is 0.310. The van der Waals surface area contributed by atoms with Crippen molar-refractivity contribution >= 4 is 11.6 Å². The molecule has 0 spiro atoms. The van der Waals surface area contributed by atoms with Gasteiger partial charge in [-0.15, -0.1) is 11.6 Å². The average molecular weight is 178 g/mol. The molecule has 0 saturated heterocycles. The van der Waals surface area contributed by atoms with E-state index in [1.54, 1.807) is 0 Å². The van der Waals surface area contributed by atoms with Crippen LogP contribution in [-0.2, 0) is 0 Å². The smallest absolute Gasteiger partial charge is 0.0463 e. The van der Waals surface area contributed by atoms with Crippen molar-refractivity contribution in [1.29, 1.82) is 0 Å². The van der Waals surface area contributed by atoms with E-state index in [-0.39, 0.29) is 0 Å². The summed E-state index contributed by atoms with van der Waals surface area (Å²) in [7, 11) is 1.95. The van der Waals surface area contributed by atoms with Crippen molar-refractivity contribution in [2.75, 3.05) is 13.6 Å². The molecule has 1 atom stereocenters. The number of alkyl halides is 1. The summed E-state index contributed by atoms with van der Waals surface area (Å²) in [5.74, 6) is 0.811. The van der Waals surface area contributed by atoms with Crippen molar-refractivity contribution in [3.8, 4) is 0 Å². The van der Waals surface area contributed by atoms with Crippen molar-refractivity contribution in [2.45, 2.75) is 38.5 Å². The van der Waals surface area contributed by atoms with E-state index in [9.17, 15) is 0 Å². The molecule has 0 aromatic rings. The highest BCUT2D eigenvalue weighted by Gasteiger charge is 2.09. The van der Waals surface area contributed by atoms with Gasteiger partial charge in [0, 0.05) is 11.9 Å². The molecule has 0 radical (unpaired) electrons. The summed E-state index contributed by atoms with van der Waals surface area (Å²) in [5, 5.41) is 3.40. The van der Waals surface area contributed by atoms with Gasteiger partial charge in [0.05, 0.1) is 0 Å². The summed E-state index contributed by atoms with van der Waals surface area (Å²) < 4.78 is 0. The number of hydrogen-bond donors (Lipinski definition) is 1. The molecule has 1 N–H and O–H groups in total. The van der Waals surface area contributed by atoms with Crippen molar-refractivity contribution < 1.29 is 0 Å². The molecule has 0 saturated carbocycles. The van der Waals surface area contributed by atoms with Crippen LogP contribution in [0.25, 0.3) is 0 Å².